The summed E-state index contributed by atoms with van der Waals surface area (Å²) in [6.07, 6.45) is 4.81. The first-order chi connectivity index (χ1) is 14.8. The van der Waals surface area contributed by atoms with E-state index in [4.69, 9.17) is 0 Å². The molecule has 2 aliphatic rings. The lowest BCUT2D eigenvalue weighted by molar-refractivity contribution is 0.154. The Morgan fingerprint density at radius 1 is 0.935 bits per heavy atom. The standard InChI is InChI=1S/C25H32N2O3S/c1-18-14-16-22(17-15-18)31(29,30)24(21-12-8-5-9-13-21)27-23(19(2)26(3)25(27)28)20-10-6-4-7-11-20/h4,6-7,10-11,14-17,19,21,23-24H,5,8-9,12-13H2,1-3H3/t19-,23-,24+/m1/s1. The zero-order valence-electron chi connectivity index (χ0n) is 18.6. The van der Waals surface area contributed by atoms with Crippen molar-refractivity contribution in [2.75, 3.05) is 7.05 Å². The molecular formula is C25H32N2O3S. The molecule has 1 saturated carbocycles. The van der Waals surface area contributed by atoms with E-state index in [1.165, 1.54) is 0 Å². The van der Waals surface area contributed by atoms with Gasteiger partial charge in [-0.2, -0.15) is 0 Å². The summed E-state index contributed by atoms with van der Waals surface area (Å²) in [6, 6.07) is 16.3. The first-order valence-electron chi connectivity index (χ1n) is 11.2. The van der Waals surface area contributed by atoms with Crippen LogP contribution in [0.25, 0.3) is 0 Å². The van der Waals surface area contributed by atoms with Gasteiger partial charge in [0.25, 0.3) is 0 Å². The van der Waals surface area contributed by atoms with Crippen LogP contribution < -0.4 is 0 Å². The van der Waals surface area contributed by atoms with Gasteiger partial charge in [-0.05, 0) is 50.3 Å². The molecule has 4 rings (SSSR count). The smallest absolute Gasteiger partial charge is 0.321 e. The van der Waals surface area contributed by atoms with Crippen molar-refractivity contribution in [2.45, 2.75) is 68.3 Å². The Balaban J connectivity index is 1.85. The van der Waals surface area contributed by atoms with E-state index < -0.39 is 15.2 Å². The molecule has 31 heavy (non-hydrogen) atoms. The zero-order valence-corrected chi connectivity index (χ0v) is 19.4. The van der Waals surface area contributed by atoms with E-state index >= 15 is 0 Å². The number of benzene rings is 2. The van der Waals surface area contributed by atoms with Crippen LogP contribution in [0, 0.1) is 12.8 Å². The molecule has 1 saturated heterocycles. The maximum atomic E-state index is 14.1. The molecule has 1 aliphatic heterocycles. The van der Waals surface area contributed by atoms with Crippen LogP contribution in [-0.2, 0) is 9.84 Å². The molecule has 6 heteroatoms. The molecule has 0 unspecified atom stereocenters. The number of amides is 2. The van der Waals surface area contributed by atoms with Gasteiger partial charge >= 0.3 is 6.03 Å². The fourth-order valence-corrected chi connectivity index (χ4v) is 7.29. The Morgan fingerprint density at radius 2 is 1.55 bits per heavy atom. The lowest BCUT2D eigenvalue weighted by atomic mass is 9.88. The number of rotatable bonds is 5. The highest BCUT2D eigenvalue weighted by molar-refractivity contribution is 7.92. The van der Waals surface area contributed by atoms with Gasteiger partial charge in [-0.1, -0.05) is 67.3 Å². The second-order valence-corrected chi connectivity index (χ2v) is 11.1. The second-order valence-electron chi connectivity index (χ2n) is 9.04. The number of aryl methyl sites for hydroxylation is 1. The maximum Gasteiger partial charge on any atom is 0.321 e. The van der Waals surface area contributed by atoms with Crippen molar-refractivity contribution in [2.24, 2.45) is 5.92 Å². The largest absolute Gasteiger partial charge is 0.323 e. The summed E-state index contributed by atoms with van der Waals surface area (Å²) >= 11 is 0. The minimum Gasteiger partial charge on any atom is -0.323 e. The molecule has 1 aliphatic carbocycles. The van der Waals surface area contributed by atoms with E-state index in [9.17, 15) is 13.2 Å². The molecular weight excluding hydrogens is 408 g/mol. The molecule has 0 N–H and O–H groups in total. The van der Waals surface area contributed by atoms with Gasteiger partial charge in [0.05, 0.1) is 17.0 Å². The minimum absolute atomic E-state index is 0.0612. The van der Waals surface area contributed by atoms with E-state index in [1.54, 1.807) is 29.0 Å². The van der Waals surface area contributed by atoms with Gasteiger partial charge in [0.15, 0.2) is 9.84 Å². The van der Waals surface area contributed by atoms with Crippen molar-refractivity contribution in [3.63, 3.8) is 0 Å². The van der Waals surface area contributed by atoms with Crippen molar-refractivity contribution in [1.29, 1.82) is 0 Å². The van der Waals surface area contributed by atoms with Gasteiger partial charge in [-0.3, -0.25) is 4.90 Å². The lowest BCUT2D eigenvalue weighted by Crippen LogP contribution is -2.49. The molecule has 5 nitrogen and oxygen atoms in total. The quantitative estimate of drug-likeness (QED) is 0.644. The number of hydrogen-bond donors (Lipinski definition) is 0. The van der Waals surface area contributed by atoms with Crippen LogP contribution in [0.1, 0.15) is 56.2 Å². The number of likely N-dealkylation sites (N-methyl/N-ethyl adjacent to an activating group) is 1. The molecule has 166 valence electrons. The van der Waals surface area contributed by atoms with Gasteiger partial charge in [0.1, 0.15) is 5.37 Å². The highest BCUT2D eigenvalue weighted by atomic mass is 32.2. The first-order valence-corrected chi connectivity index (χ1v) is 12.8. The summed E-state index contributed by atoms with van der Waals surface area (Å²) in [5, 5.41) is -0.861. The third-order valence-electron chi connectivity index (χ3n) is 7.03. The minimum atomic E-state index is -3.74. The summed E-state index contributed by atoms with van der Waals surface area (Å²) in [5.74, 6) is -0.0612. The Hall–Kier alpha value is -2.34. The van der Waals surface area contributed by atoms with Gasteiger partial charge in [-0.15, -0.1) is 0 Å². The SMILES string of the molecule is Cc1ccc(S(=O)(=O)[C@@H](C2CCCCC2)N2C(=O)N(C)[C@H](C)[C@@H]2c2ccccc2)cc1. The molecule has 2 fully saturated rings. The predicted molar refractivity (Wildman–Crippen MR) is 122 cm³/mol. The molecule has 0 aromatic heterocycles. The normalized spacial score (nSPS) is 23.9. The van der Waals surface area contributed by atoms with Crippen molar-refractivity contribution in [3.8, 4) is 0 Å². The van der Waals surface area contributed by atoms with E-state index in [0.717, 1.165) is 43.2 Å². The number of carbonyl (C=O) groups excluding carboxylic acids is 1. The second kappa shape index (κ2) is 8.65. The number of nitrogens with zero attached hydrogens (tertiary/aromatic N) is 2. The van der Waals surface area contributed by atoms with Crippen LogP contribution in [0.2, 0.25) is 0 Å². The average Bonchev–Trinajstić information content (AvgIpc) is 2.99. The third-order valence-corrected chi connectivity index (χ3v) is 9.20. The van der Waals surface area contributed by atoms with E-state index in [2.05, 4.69) is 0 Å². The van der Waals surface area contributed by atoms with Gasteiger partial charge in [0.2, 0.25) is 0 Å². The molecule has 1 heterocycles. The summed E-state index contributed by atoms with van der Waals surface area (Å²) in [5.41, 5.74) is 1.99. The Labute approximate surface area is 186 Å². The van der Waals surface area contributed by atoms with E-state index in [0.29, 0.717) is 4.90 Å². The Bertz CT molecular complexity index is 1010. The highest BCUT2D eigenvalue weighted by Gasteiger charge is 2.52. The van der Waals surface area contributed by atoms with E-state index in [1.807, 2.05) is 56.3 Å². The number of carbonyl (C=O) groups is 1. The van der Waals surface area contributed by atoms with Gasteiger partial charge < -0.3 is 4.90 Å². The fourth-order valence-electron chi connectivity index (χ4n) is 5.19. The van der Waals surface area contributed by atoms with Gasteiger partial charge in [-0.25, -0.2) is 13.2 Å². The predicted octanol–water partition coefficient (Wildman–Crippen LogP) is 5.17. The van der Waals surface area contributed by atoms with E-state index in [-0.39, 0.29) is 24.0 Å². The molecule has 0 bridgehead atoms. The topological polar surface area (TPSA) is 57.7 Å². The number of sulfone groups is 1. The van der Waals surface area contributed by atoms with Crippen LogP contribution >= 0.6 is 0 Å². The number of urea groups is 1. The molecule has 3 atom stereocenters. The summed E-state index contributed by atoms with van der Waals surface area (Å²) in [4.78, 5) is 17.2. The highest BCUT2D eigenvalue weighted by Crippen LogP contribution is 2.43. The molecule has 0 spiro atoms. The molecule has 2 amide bonds. The van der Waals surface area contributed by atoms with Crippen molar-refractivity contribution < 1.29 is 13.2 Å². The molecule has 2 aromatic carbocycles. The van der Waals surface area contributed by atoms with Crippen molar-refractivity contribution in [3.05, 3.63) is 65.7 Å². The zero-order chi connectivity index (χ0) is 22.2. The number of hydrogen-bond acceptors (Lipinski definition) is 3. The summed E-state index contributed by atoms with van der Waals surface area (Å²) in [6.45, 7) is 3.95. The fraction of sp³-hybridized carbons (Fsp3) is 0.480. The first kappa shape index (κ1) is 21.9. The average molecular weight is 441 g/mol. The molecule has 0 radical (unpaired) electrons. The summed E-state index contributed by atoms with van der Waals surface area (Å²) in [7, 11) is -1.97. The van der Waals surface area contributed by atoms with Crippen molar-refractivity contribution >= 4 is 15.9 Å². The lowest BCUT2D eigenvalue weighted by Gasteiger charge is -2.39. The van der Waals surface area contributed by atoms with Crippen LogP contribution in [0.15, 0.2) is 59.5 Å². The van der Waals surface area contributed by atoms with Gasteiger partial charge in [0, 0.05) is 7.05 Å². The Morgan fingerprint density at radius 3 is 2.16 bits per heavy atom. The monoisotopic (exact) mass is 440 g/mol. The van der Waals surface area contributed by atoms with Crippen LogP contribution in [0.3, 0.4) is 0 Å². The molecule has 2 aromatic rings. The van der Waals surface area contributed by atoms with Crippen LogP contribution in [0.5, 0.6) is 0 Å². The van der Waals surface area contributed by atoms with Crippen LogP contribution in [0.4, 0.5) is 4.79 Å². The van der Waals surface area contributed by atoms with Crippen molar-refractivity contribution in [1.82, 2.24) is 9.80 Å². The van der Waals surface area contributed by atoms with Crippen LogP contribution in [-0.4, -0.2) is 42.7 Å². The third kappa shape index (κ3) is 3.98. The maximum absolute atomic E-state index is 14.1. The summed E-state index contributed by atoms with van der Waals surface area (Å²) < 4.78 is 28.1. The Kier molecular flexibility index (Phi) is 6.11.